The van der Waals surface area contributed by atoms with Crippen molar-refractivity contribution in [3.63, 3.8) is 0 Å². The summed E-state index contributed by atoms with van der Waals surface area (Å²) in [6, 6.07) is 0. The zero-order chi connectivity index (χ0) is 10.2. The molecule has 0 rings (SSSR count). The molecular formula is C10H22O3. The Hall–Kier alpha value is -0.120. The van der Waals surface area contributed by atoms with E-state index >= 15 is 0 Å². The van der Waals surface area contributed by atoms with Crippen molar-refractivity contribution in [2.45, 2.75) is 39.2 Å². The van der Waals surface area contributed by atoms with Crippen LogP contribution in [-0.4, -0.2) is 37.1 Å². The van der Waals surface area contributed by atoms with E-state index in [1.54, 1.807) is 6.92 Å². The summed E-state index contributed by atoms with van der Waals surface area (Å²) in [4.78, 5) is 0. The minimum atomic E-state index is -0.680. The molecule has 1 unspecified atom stereocenters. The minimum absolute atomic E-state index is 0.397. The number of aliphatic hydroxyl groups is 1. The topological polar surface area (TPSA) is 38.7 Å². The summed E-state index contributed by atoms with van der Waals surface area (Å²) >= 11 is 0. The molecular weight excluding hydrogens is 168 g/mol. The molecule has 80 valence electrons. The lowest BCUT2D eigenvalue weighted by molar-refractivity contribution is -0.0513. The van der Waals surface area contributed by atoms with Crippen LogP contribution in [0.1, 0.15) is 33.6 Å². The number of rotatable bonds is 8. The lowest BCUT2D eigenvalue weighted by atomic mass is 10.0. The fourth-order valence-electron chi connectivity index (χ4n) is 1.16. The summed E-state index contributed by atoms with van der Waals surface area (Å²) in [6.07, 6.45) is 1.75. The van der Waals surface area contributed by atoms with Crippen LogP contribution >= 0.6 is 0 Å². The van der Waals surface area contributed by atoms with Gasteiger partial charge in [0.15, 0.2) is 0 Å². The van der Waals surface area contributed by atoms with Gasteiger partial charge in [0, 0.05) is 6.61 Å². The second-order valence-electron chi connectivity index (χ2n) is 3.50. The van der Waals surface area contributed by atoms with Crippen molar-refractivity contribution < 1.29 is 14.6 Å². The Morgan fingerprint density at radius 1 is 1.15 bits per heavy atom. The fourth-order valence-corrected chi connectivity index (χ4v) is 1.16. The molecule has 0 aromatic carbocycles. The maximum atomic E-state index is 9.71. The van der Waals surface area contributed by atoms with Crippen molar-refractivity contribution in [2.24, 2.45) is 0 Å². The van der Waals surface area contributed by atoms with Crippen LogP contribution in [-0.2, 0) is 9.47 Å². The van der Waals surface area contributed by atoms with Crippen molar-refractivity contribution in [3.8, 4) is 0 Å². The van der Waals surface area contributed by atoms with E-state index in [1.807, 2.05) is 6.92 Å². The summed E-state index contributed by atoms with van der Waals surface area (Å²) in [7, 11) is 0. The highest BCUT2D eigenvalue weighted by Gasteiger charge is 2.18. The largest absolute Gasteiger partial charge is 0.388 e. The van der Waals surface area contributed by atoms with Crippen molar-refractivity contribution in [3.05, 3.63) is 0 Å². The Morgan fingerprint density at radius 3 is 2.31 bits per heavy atom. The maximum Gasteiger partial charge on any atom is 0.0852 e. The summed E-state index contributed by atoms with van der Waals surface area (Å²) in [6.45, 7) is 8.09. The maximum absolute atomic E-state index is 9.71. The van der Waals surface area contributed by atoms with Crippen LogP contribution in [0.5, 0.6) is 0 Å². The van der Waals surface area contributed by atoms with Gasteiger partial charge < -0.3 is 14.6 Å². The quantitative estimate of drug-likeness (QED) is 0.591. The highest BCUT2D eigenvalue weighted by Crippen LogP contribution is 2.11. The summed E-state index contributed by atoms with van der Waals surface area (Å²) in [5.41, 5.74) is -0.680. The van der Waals surface area contributed by atoms with E-state index in [0.29, 0.717) is 26.4 Å². The summed E-state index contributed by atoms with van der Waals surface area (Å²) < 4.78 is 10.4. The normalized spacial score (nSPS) is 15.7. The molecule has 3 heteroatoms. The molecule has 13 heavy (non-hydrogen) atoms. The van der Waals surface area contributed by atoms with E-state index in [9.17, 15) is 5.11 Å². The standard InChI is InChI=1S/C10H22O3/c1-4-6-10(3,11)9-13-8-7-12-5-2/h11H,4-9H2,1-3H3. The van der Waals surface area contributed by atoms with Crippen molar-refractivity contribution in [1.82, 2.24) is 0 Å². The zero-order valence-electron chi connectivity index (χ0n) is 9.01. The average Bonchev–Trinajstić information content (AvgIpc) is 2.04. The number of hydrogen-bond donors (Lipinski definition) is 1. The van der Waals surface area contributed by atoms with Crippen LogP contribution in [0.2, 0.25) is 0 Å². The molecule has 0 fully saturated rings. The molecule has 0 amide bonds. The Kier molecular flexibility index (Phi) is 7.23. The van der Waals surface area contributed by atoms with Gasteiger partial charge in [0.05, 0.1) is 25.4 Å². The van der Waals surface area contributed by atoms with Crippen LogP contribution in [0.4, 0.5) is 0 Å². The Labute approximate surface area is 81.0 Å². The molecule has 0 aliphatic rings. The first kappa shape index (κ1) is 12.9. The van der Waals surface area contributed by atoms with Gasteiger partial charge in [-0.2, -0.15) is 0 Å². The number of ether oxygens (including phenoxy) is 2. The first-order valence-corrected chi connectivity index (χ1v) is 5.00. The van der Waals surface area contributed by atoms with E-state index in [-0.39, 0.29) is 0 Å². The average molecular weight is 190 g/mol. The summed E-state index contributed by atoms with van der Waals surface area (Å²) in [5, 5.41) is 9.71. The third-order valence-electron chi connectivity index (χ3n) is 1.78. The molecule has 0 radical (unpaired) electrons. The van der Waals surface area contributed by atoms with Gasteiger partial charge in [-0.05, 0) is 20.3 Å². The molecule has 0 spiro atoms. The van der Waals surface area contributed by atoms with Gasteiger partial charge in [0.2, 0.25) is 0 Å². The lowest BCUT2D eigenvalue weighted by Crippen LogP contribution is -2.31. The van der Waals surface area contributed by atoms with E-state index < -0.39 is 5.60 Å². The van der Waals surface area contributed by atoms with E-state index in [2.05, 4.69) is 6.92 Å². The first-order valence-electron chi connectivity index (χ1n) is 5.00. The third-order valence-corrected chi connectivity index (χ3v) is 1.78. The predicted octanol–water partition coefficient (Wildman–Crippen LogP) is 1.59. The van der Waals surface area contributed by atoms with Gasteiger partial charge in [-0.1, -0.05) is 13.3 Å². The Morgan fingerprint density at radius 2 is 1.77 bits per heavy atom. The van der Waals surface area contributed by atoms with Gasteiger partial charge in [0.1, 0.15) is 0 Å². The van der Waals surface area contributed by atoms with Gasteiger partial charge in [-0.25, -0.2) is 0 Å². The summed E-state index contributed by atoms with van der Waals surface area (Å²) in [5.74, 6) is 0. The van der Waals surface area contributed by atoms with Gasteiger partial charge >= 0.3 is 0 Å². The van der Waals surface area contributed by atoms with Crippen LogP contribution in [0, 0.1) is 0 Å². The highest BCUT2D eigenvalue weighted by molar-refractivity contribution is 4.70. The Bertz CT molecular complexity index is 113. The number of hydrogen-bond acceptors (Lipinski definition) is 3. The molecule has 1 N–H and O–H groups in total. The minimum Gasteiger partial charge on any atom is -0.388 e. The monoisotopic (exact) mass is 190 g/mol. The van der Waals surface area contributed by atoms with Crippen molar-refractivity contribution in [1.29, 1.82) is 0 Å². The van der Waals surface area contributed by atoms with Crippen LogP contribution < -0.4 is 0 Å². The SMILES string of the molecule is CCCC(C)(O)COCCOCC. The van der Waals surface area contributed by atoms with Gasteiger partial charge in [-0.3, -0.25) is 0 Å². The van der Waals surface area contributed by atoms with Crippen molar-refractivity contribution in [2.75, 3.05) is 26.4 Å². The zero-order valence-corrected chi connectivity index (χ0v) is 9.01. The molecule has 0 bridgehead atoms. The molecule has 0 heterocycles. The molecule has 0 saturated carbocycles. The molecule has 1 atom stereocenters. The first-order chi connectivity index (χ1) is 6.12. The molecule has 0 aromatic heterocycles. The smallest absolute Gasteiger partial charge is 0.0852 e. The van der Waals surface area contributed by atoms with E-state index in [0.717, 1.165) is 12.8 Å². The highest BCUT2D eigenvalue weighted by atomic mass is 16.5. The third kappa shape index (κ3) is 8.22. The van der Waals surface area contributed by atoms with Crippen LogP contribution in [0.3, 0.4) is 0 Å². The van der Waals surface area contributed by atoms with Crippen molar-refractivity contribution >= 4 is 0 Å². The lowest BCUT2D eigenvalue weighted by Gasteiger charge is -2.22. The van der Waals surface area contributed by atoms with Gasteiger partial charge in [-0.15, -0.1) is 0 Å². The molecule has 3 nitrogen and oxygen atoms in total. The predicted molar refractivity (Wildman–Crippen MR) is 52.8 cm³/mol. The van der Waals surface area contributed by atoms with Crippen LogP contribution in [0.15, 0.2) is 0 Å². The second-order valence-corrected chi connectivity index (χ2v) is 3.50. The van der Waals surface area contributed by atoms with E-state index in [4.69, 9.17) is 9.47 Å². The molecule has 0 aromatic rings. The Balaban J connectivity index is 3.29. The fraction of sp³-hybridized carbons (Fsp3) is 1.00. The molecule has 0 aliphatic carbocycles. The van der Waals surface area contributed by atoms with Gasteiger partial charge in [0.25, 0.3) is 0 Å². The van der Waals surface area contributed by atoms with E-state index in [1.165, 1.54) is 0 Å². The second kappa shape index (κ2) is 7.30. The molecule has 0 aliphatic heterocycles. The molecule has 0 saturated heterocycles. The van der Waals surface area contributed by atoms with Crippen LogP contribution in [0.25, 0.3) is 0 Å².